The highest BCUT2D eigenvalue weighted by Crippen LogP contribution is 2.26. The van der Waals surface area contributed by atoms with Crippen LogP contribution in [0.15, 0.2) is 42.5 Å². The van der Waals surface area contributed by atoms with Crippen LogP contribution in [0.1, 0.15) is 30.5 Å². The lowest BCUT2D eigenvalue weighted by Crippen LogP contribution is -2.12. The number of hydrogen-bond donors (Lipinski definition) is 1. The van der Waals surface area contributed by atoms with E-state index in [9.17, 15) is 8.78 Å². The van der Waals surface area contributed by atoms with Crippen molar-refractivity contribution < 1.29 is 8.78 Å². The minimum absolute atomic E-state index is 0.120. The molecule has 0 aliphatic rings. The maximum atomic E-state index is 13.8. The lowest BCUT2D eigenvalue weighted by molar-refractivity contribution is 0.587. The number of rotatable bonds is 4. The van der Waals surface area contributed by atoms with Crippen molar-refractivity contribution in [3.8, 4) is 0 Å². The summed E-state index contributed by atoms with van der Waals surface area (Å²) in [5.74, 6) is -0.483. The maximum Gasteiger partial charge on any atom is 0.128 e. The third kappa shape index (κ3) is 3.11. The van der Waals surface area contributed by atoms with Crippen LogP contribution >= 0.6 is 0 Å². The van der Waals surface area contributed by atoms with Crippen molar-refractivity contribution >= 4 is 5.69 Å². The molecule has 0 aromatic heterocycles. The molecular formula is C16H17F2N. The summed E-state index contributed by atoms with van der Waals surface area (Å²) < 4.78 is 26.9. The molecule has 2 aromatic carbocycles. The minimum Gasteiger partial charge on any atom is -0.378 e. The summed E-state index contributed by atoms with van der Waals surface area (Å²) >= 11 is 0. The van der Waals surface area contributed by atoms with Gasteiger partial charge in [0.1, 0.15) is 11.6 Å². The summed E-state index contributed by atoms with van der Waals surface area (Å²) in [7, 11) is 0. The Labute approximate surface area is 112 Å². The first kappa shape index (κ1) is 13.5. The van der Waals surface area contributed by atoms with E-state index in [2.05, 4.69) is 5.32 Å². The third-order valence-electron chi connectivity index (χ3n) is 3.21. The van der Waals surface area contributed by atoms with Crippen LogP contribution in [0.25, 0.3) is 0 Å². The summed E-state index contributed by atoms with van der Waals surface area (Å²) in [6.45, 7) is 3.82. The predicted molar refractivity (Wildman–Crippen MR) is 74.2 cm³/mol. The molecule has 1 nitrogen and oxygen atoms in total. The van der Waals surface area contributed by atoms with E-state index in [0.717, 1.165) is 17.7 Å². The molecule has 19 heavy (non-hydrogen) atoms. The number of nitrogens with one attached hydrogen (secondary N) is 1. The first-order valence-corrected chi connectivity index (χ1v) is 6.39. The van der Waals surface area contributed by atoms with Crippen molar-refractivity contribution in [3.05, 3.63) is 65.2 Å². The smallest absolute Gasteiger partial charge is 0.128 e. The summed E-state index contributed by atoms with van der Waals surface area (Å²) in [4.78, 5) is 0. The van der Waals surface area contributed by atoms with Crippen molar-refractivity contribution in [2.45, 2.75) is 26.3 Å². The average Bonchev–Trinajstić information content (AvgIpc) is 2.39. The SMILES string of the molecule is CCC(Nc1ccc(F)cc1C)c1ccccc1F. The zero-order valence-electron chi connectivity index (χ0n) is 11.1. The Morgan fingerprint density at radius 3 is 2.47 bits per heavy atom. The molecule has 0 saturated carbocycles. The van der Waals surface area contributed by atoms with Crippen molar-refractivity contribution in [3.63, 3.8) is 0 Å². The van der Waals surface area contributed by atoms with E-state index in [0.29, 0.717) is 5.56 Å². The maximum absolute atomic E-state index is 13.8. The lowest BCUT2D eigenvalue weighted by Gasteiger charge is -2.20. The fourth-order valence-corrected chi connectivity index (χ4v) is 2.13. The summed E-state index contributed by atoms with van der Waals surface area (Å²) in [6, 6.07) is 11.2. The van der Waals surface area contributed by atoms with Crippen LogP contribution in [-0.4, -0.2) is 0 Å². The van der Waals surface area contributed by atoms with Gasteiger partial charge in [0, 0.05) is 11.3 Å². The van der Waals surface area contributed by atoms with Crippen molar-refractivity contribution in [2.75, 3.05) is 5.32 Å². The molecule has 0 aliphatic heterocycles. The fourth-order valence-electron chi connectivity index (χ4n) is 2.13. The highest BCUT2D eigenvalue weighted by molar-refractivity contribution is 5.52. The Balaban J connectivity index is 2.27. The molecule has 0 saturated heterocycles. The first-order valence-electron chi connectivity index (χ1n) is 6.39. The van der Waals surface area contributed by atoms with Gasteiger partial charge in [-0.1, -0.05) is 25.1 Å². The Kier molecular flexibility index (Phi) is 4.15. The number of halogens is 2. The van der Waals surface area contributed by atoms with Crippen LogP contribution in [0.4, 0.5) is 14.5 Å². The second-order valence-corrected chi connectivity index (χ2v) is 4.59. The van der Waals surface area contributed by atoms with Gasteiger partial charge in [0.25, 0.3) is 0 Å². The van der Waals surface area contributed by atoms with Gasteiger partial charge in [-0.15, -0.1) is 0 Å². The van der Waals surface area contributed by atoms with Crippen molar-refractivity contribution in [1.29, 1.82) is 0 Å². The molecule has 0 radical (unpaired) electrons. The lowest BCUT2D eigenvalue weighted by atomic mass is 10.0. The van der Waals surface area contributed by atoms with E-state index >= 15 is 0 Å². The quantitative estimate of drug-likeness (QED) is 0.830. The molecule has 3 heteroatoms. The summed E-state index contributed by atoms with van der Waals surface area (Å²) in [5, 5.41) is 3.27. The number of hydrogen-bond acceptors (Lipinski definition) is 1. The second-order valence-electron chi connectivity index (χ2n) is 4.59. The van der Waals surface area contributed by atoms with E-state index in [1.165, 1.54) is 18.2 Å². The molecule has 100 valence electrons. The van der Waals surface area contributed by atoms with Crippen LogP contribution < -0.4 is 5.32 Å². The number of anilines is 1. The first-order chi connectivity index (χ1) is 9.11. The fraction of sp³-hybridized carbons (Fsp3) is 0.250. The zero-order valence-corrected chi connectivity index (χ0v) is 11.1. The molecule has 0 spiro atoms. The highest BCUT2D eigenvalue weighted by Gasteiger charge is 2.14. The molecule has 0 amide bonds. The summed E-state index contributed by atoms with van der Waals surface area (Å²) in [6.07, 6.45) is 0.748. The van der Waals surface area contributed by atoms with E-state index < -0.39 is 0 Å². The van der Waals surface area contributed by atoms with Gasteiger partial charge >= 0.3 is 0 Å². The second kappa shape index (κ2) is 5.83. The Morgan fingerprint density at radius 1 is 1.11 bits per heavy atom. The Hall–Kier alpha value is -1.90. The van der Waals surface area contributed by atoms with Gasteiger partial charge in [0.15, 0.2) is 0 Å². The molecule has 1 unspecified atom stereocenters. The monoisotopic (exact) mass is 261 g/mol. The van der Waals surface area contributed by atoms with Gasteiger partial charge in [-0.05, 0) is 43.2 Å². The van der Waals surface area contributed by atoms with E-state index in [4.69, 9.17) is 0 Å². The molecule has 1 N–H and O–H groups in total. The largest absolute Gasteiger partial charge is 0.378 e. The van der Waals surface area contributed by atoms with Gasteiger partial charge in [0.2, 0.25) is 0 Å². The van der Waals surface area contributed by atoms with E-state index in [1.807, 2.05) is 19.9 Å². The Bertz CT molecular complexity index is 566. The minimum atomic E-state index is -0.262. The molecule has 2 aromatic rings. The molecule has 0 bridgehead atoms. The van der Waals surface area contributed by atoms with Gasteiger partial charge in [-0.25, -0.2) is 8.78 Å². The predicted octanol–water partition coefficient (Wildman–Crippen LogP) is 4.84. The van der Waals surface area contributed by atoms with Gasteiger partial charge in [0.05, 0.1) is 6.04 Å². The van der Waals surface area contributed by atoms with Gasteiger partial charge in [-0.2, -0.15) is 0 Å². The zero-order chi connectivity index (χ0) is 13.8. The topological polar surface area (TPSA) is 12.0 Å². The summed E-state index contributed by atoms with van der Waals surface area (Å²) in [5.41, 5.74) is 2.28. The van der Waals surface area contributed by atoms with E-state index in [1.54, 1.807) is 18.2 Å². The third-order valence-corrected chi connectivity index (χ3v) is 3.21. The molecule has 1 atom stereocenters. The van der Waals surface area contributed by atoms with Gasteiger partial charge in [-0.3, -0.25) is 0 Å². The van der Waals surface area contributed by atoms with Crippen molar-refractivity contribution in [1.82, 2.24) is 0 Å². The van der Waals surface area contributed by atoms with Crippen LogP contribution in [0, 0.1) is 18.6 Å². The van der Waals surface area contributed by atoms with Crippen LogP contribution in [-0.2, 0) is 0 Å². The molecule has 0 fully saturated rings. The van der Waals surface area contributed by atoms with Crippen molar-refractivity contribution in [2.24, 2.45) is 0 Å². The standard InChI is InChI=1S/C16H17F2N/c1-3-15(13-6-4-5-7-14(13)18)19-16-9-8-12(17)10-11(16)2/h4-10,15,19H,3H2,1-2H3. The number of benzene rings is 2. The molecular weight excluding hydrogens is 244 g/mol. The normalized spacial score (nSPS) is 12.2. The molecule has 0 aliphatic carbocycles. The number of aryl methyl sites for hydroxylation is 1. The van der Waals surface area contributed by atoms with Crippen LogP contribution in [0.5, 0.6) is 0 Å². The van der Waals surface area contributed by atoms with Gasteiger partial charge < -0.3 is 5.32 Å². The molecule has 2 rings (SSSR count). The van der Waals surface area contributed by atoms with Crippen LogP contribution in [0.3, 0.4) is 0 Å². The van der Waals surface area contributed by atoms with Crippen LogP contribution in [0.2, 0.25) is 0 Å². The van der Waals surface area contributed by atoms with E-state index in [-0.39, 0.29) is 17.7 Å². The average molecular weight is 261 g/mol. The Morgan fingerprint density at radius 2 is 1.84 bits per heavy atom. The molecule has 0 heterocycles. The highest BCUT2D eigenvalue weighted by atomic mass is 19.1.